The maximum Gasteiger partial charge on any atom is 0.243 e. The smallest absolute Gasteiger partial charge is 0.243 e. The first-order valence-corrected chi connectivity index (χ1v) is 28.9. The number of aromatic nitrogens is 6. The van der Waals surface area contributed by atoms with Crippen molar-refractivity contribution in [3.05, 3.63) is 56.2 Å². The van der Waals surface area contributed by atoms with Crippen molar-refractivity contribution in [2.75, 3.05) is 20.0 Å². The highest BCUT2D eigenvalue weighted by Gasteiger charge is 2.32. The lowest BCUT2D eigenvalue weighted by Gasteiger charge is -2.42. The van der Waals surface area contributed by atoms with Gasteiger partial charge in [0.1, 0.15) is 37.2 Å². The van der Waals surface area contributed by atoms with Crippen molar-refractivity contribution in [2.24, 2.45) is 0 Å². The van der Waals surface area contributed by atoms with E-state index in [0.29, 0.717) is 38.9 Å². The average Bonchev–Trinajstić information content (AvgIpc) is 4.15. The van der Waals surface area contributed by atoms with Crippen molar-refractivity contribution in [3.8, 4) is 0 Å². The molecule has 1 saturated heterocycles. The summed E-state index contributed by atoms with van der Waals surface area (Å²) in [4.78, 5) is 46.8. The normalized spacial score (nSPS) is 13.0. The van der Waals surface area contributed by atoms with Crippen molar-refractivity contribution < 1.29 is 28.1 Å². The molecule has 390 valence electrons. The Morgan fingerprint density at radius 1 is 0.333 bits per heavy atom. The van der Waals surface area contributed by atoms with Gasteiger partial charge in [-0.25, -0.2) is 27.4 Å². The predicted molar refractivity (Wildman–Crippen MR) is 278 cm³/mol. The van der Waals surface area contributed by atoms with Crippen LogP contribution in [0.2, 0.25) is 0 Å². The Bertz CT molecular complexity index is 1560. The summed E-state index contributed by atoms with van der Waals surface area (Å²) in [7, 11) is 0. The van der Waals surface area contributed by atoms with Crippen LogP contribution in [-0.2, 0) is 53.7 Å². The van der Waals surface area contributed by atoms with Gasteiger partial charge in [0.25, 0.3) is 0 Å². The molecule has 0 aliphatic carbocycles. The molecular formula is C57H102N9O3+3. The summed E-state index contributed by atoms with van der Waals surface area (Å²) < 4.78 is 12.9. The van der Waals surface area contributed by atoms with E-state index in [0.717, 1.165) is 19.6 Å². The van der Waals surface area contributed by atoms with E-state index in [-0.39, 0.29) is 37.7 Å². The van der Waals surface area contributed by atoms with Gasteiger partial charge >= 0.3 is 0 Å². The molecule has 0 bridgehead atoms. The zero-order chi connectivity index (χ0) is 49.0. The molecule has 0 unspecified atom stereocenters. The molecule has 0 aromatic carbocycles. The van der Waals surface area contributed by atoms with Crippen LogP contribution >= 0.6 is 0 Å². The Balaban J connectivity index is 1.22. The zero-order valence-corrected chi connectivity index (χ0v) is 44.6. The molecule has 0 spiro atoms. The molecule has 4 rings (SSSR count). The molecule has 1 aliphatic rings. The van der Waals surface area contributed by atoms with Crippen molar-refractivity contribution in [1.82, 2.24) is 28.4 Å². The summed E-state index contributed by atoms with van der Waals surface area (Å²) in [6, 6.07) is 0. The number of amides is 3. The molecule has 0 atom stereocenters. The number of imidazole rings is 3. The van der Waals surface area contributed by atoms with Gasteiger partial charge in [0, 0.05) is 0 Å². The van der Waals surface area contributed by atoms with Gasteiger partial charge < -0.3 is 14.7 Å². The number of unbranched alkanes of at least 4 members (excludes halogenated alkanes) is 27. The topological polar surface area (TPSA) is 87.4 Å². The number of rotatable bonds is 42. The predicted octanol–water partition coefficient (Wildman–Crippen LogP) is 11.7. The first kappa shape index (κ1) is 57.6. The Morgan fingerprint density at radius 3 is 0.783 bits per heavy atom. The van der Waals surface area contributed by atoms with E-state index in [9.17, 15) is 14.4 Å². The Kier molecular flexibility index (Phi) is 30.8. The second-order valence-corrected chi connectivity index (χ2v) is 20.7. The Hall–Kier alpha value is -3.96. The third kappa shape index (κ3) is 25.6. The van der Waals surface area contributed by atoms with Crippen LogP contribution in [0.3, 0.4) is 0 Å². The standard InChI is InChI=1S/C57H102N9O3/c1-4-7-10-13-16-19-22-25-28-31-37-58-43-46-61(49-58)40-34-55(67)64-52-65(56(68)35-41-62-47-44-59(50-62)38-32-29-26-23-20-17-14-11-8-5-2)54-66(53-64)57(69)36-42-63-48-45-60(51-63)39-33-30-27-24-21-18-15-12-9-6-3/h43-51H,4-42,52-54H2,1-3H3/q+3. The summed E-state index contributed by atoms with van der Waals surface area (Å²) in [5.74, 6) is -0.133. The van der Waals surface area contributed by atoms with Crippen LogP contribution in [0.5, 0.6) is 0 Å². The molecule has 69 heavy (non-hydrogen) atoms. The molecule has 3 amide bonds. The lowest BCUT2D eigenvalue weighted by atomic mass is 10.1. The number of nitrogens with zero attached hydrogens (tertiary/aromatic N) is 9. The summed E-state index contributed by atoms with van der Waals surface area (Å²) in [6.07, 6.45) is 59.4. The number of hydrogen-bond donors (Lipinski definition) is 0. The molecule has 4 heterocycles. The van der Waals surface area contributed by atoms with Gasteiger partial charge in [0.05, 0.1) is 78.5 Å². The van der Waals surface area contributed by atoms with E-state index in [4.69, 9.17) is 0 Å². The van der Waals surface area contributed by atoms with Crippen LogP contribution in [0.4, 0.5) is 0 Å². The quantitative estimate of drug-likeness (QED) is 0.0419. The lowest BCUT2D eigenvalue weighted by Crippen LogP contribution is -2.59. The van der Waals surface area contributed by atoms with Crippen LogP contribution in [0.15, 0.2) is 56.2 Å². The summed E-state index contributed by atoms with van der Waals surface area (Å²) in [6.45, 7) is 12.1. The molecule has 0 radical (unpaired) electrons. The van der Waals surface area contributed by atoms with Gasteiger partial charge in [0.2, 0.25) is 36.7 Å². The molecule has 1 aliphatic heterocycles. The van der Waals surface area contributed by atoms with Crippen molar-refractivity contribution in [1.29, 1.82) is 0 Å². The highest BCUT2D eigenvalue weighted by atomic mass is 16.2. The molecular weight excluding hydrogens is 859 g/mol. The minimum atomic E-state index is -0.0444. The molecule has 12 nitrogen and oxygen atoms in total. The second-order valence-electron chi connectivity index (χ2n) is 20.7. The van der Waals surface area contributed by atoms with E-state index in [2.05, 4.69) is 104 Å². The first-order chi connectivity index (χ1) is 33.9. The van der Waals surface area contributed by atoms with Gasteiger partial charge in [-0.2, -0.15) is 0 Å². The minimum absolute atomic E-state index is 0.0444. The molecule has 12 heteroatoms. The average molecular weight is 962 g/mol. The SMILES string of the molecule is CCCCCCCCCCCC[n+]1ccn(CCC(=O)N2CN(C(=O)CCn3cc[n+](CCCCCCCCCCCC)c3)CN(C(=O)CCn3cc[n+](CCCCCCCCCCCC)c3)C2)c1. The Labute approximate surface area is 420 Å². The Morgan fingerprint density at radius 2 is 0.551 bits per heavy atom. The van der Waals surface area contributed by atoms with Crippen molar-refractivity contribution in [3.63, 3.8) is 0 Å². The number of carbonyl (C=O) groups is 3. The van der Waals surface area contributed by atoms with Gasteiger partial charge in [-0.3, -0.25) is 14.4 Å². The number of carbonyl (C=O) groups excluding carboxylic acids is 3. The third-order valence-corrected chi connectivity index (χ3v) is 14.4. The second kappa shape index (κ2) is 36.9. The van der Waals surface area contributed by atoms with Crippen molar-refractivity contribution >= 4 is 17.7 Å². The maximum absolute atomic E-state index is 13.9. The fourth-order valence-electron chi connectivity index (χ4n) is 9.83. The highest BCUT2D eigenvalue weighted by molar-refractivity contribution is 5.82. The van der Waals surface area contributed by atoms with E-state index < -0.39 is 0 Å². The van der Waals surface area contributed by atoms with Gasteiger partial charge in [-0.1, -0.05) is 175 Å². The van der Waals surface area contributed by atoms with Gasteiger partial charge in [0.15, 0.2) is 0 Å². The summed E-state index contributed by atoms with van der Waals surface area (Å²) in [5, 5.41) is 0. The van der Waals surface area contributed by atoms with Crippen LogP contribution < -0.4 is 13.7 Å². The monoisotopic (exact) mass is 961 g/mol. The number of aryl methyl sites for hydroxylation is 6. The molecule has 0 saturated carbocycles. The fraction of sp³-hybridized carbons (Fsp3) is 0.789. The summed E-state index contributed by atoms with van der Waals surface area (Å²) in [5.41, 5.74) is 0. The van der Waals surface area contributed by atoms with E-state index in [1.54, 1.807) is 14.7 Å². The van der Waals surface area contributed by atoms with Gasteiger partial charge in [-0.05, 0) is 38.5 Å². The molecule has 3 aromatic rings. The maximum atomic E-state index is 13.9. The zero-order valence-electron chi connectivity index (χ0n) is 44.6. The largest absolute Gasteiger partial charge is 0.307 e. The van der Waals surface area contributed by atoms with Crippen LogP contribution in [0.1, 0.15) is 233 Å². The van der Waals surface area contributed by atoms with Crippen LogP contribution in [0.25, 0.3) is 0 Å². The lowest BCUT2D eigenvalue weighted by molar-refractivity contribution is -0.697. The highest BCUT2D eigenvalue weighted by Crippen LogP contribution is 2.16. The molecule has 3 aromatic heterocycles. The van der Waals surface area contributed by atoms with E-state index in [1.807, 2.05) is 0 Å². The fourth-order valence-corrected chi connectivity index (χ4v) is 9.83. The molecule has 1 fully saturated rings. The first-order valence-electron chi connectivity index (χ1n) is 28.9. The van der Waals surface area contributed by atoms with Crippen LogP contribution in [0, 0.1) is 0 Å². The van der Waals surface area contributed by atoms with Gasteiger partial charge in [-0.15, -0.1) is 0 Å². The summed E-state index contributed by atoms with van der Waals surface area (Å²) >= 11 is 0. The van der Waals surface area contributed by atoms with E-state index >= 15 is 0 Å². The van der Waals surface area contributed by atoms with E-state index in [1.165, 1.54) is 193 Å². The number of hydrogen-bond acceptors (Lipinski definition) is 3. The minimum Gasteiger partial charge on any atom is -0.307 e. The molecule has 0 N–H and O–H groups in total. The third-order valence-electron chi connectivity index (χ3n) is 14.4. The van der Waals surface area contributed by atoms with Crippen LogP contribution in [-0.4, -0.2) is 66.1 Å². The van der Waals surface area contributed by atoms with Crippen molar-refractivity contribution in [2.45, 2.75) is 272 Å².